The number of benzene rings is 1. The zero-order valence-corrected chi connectivity index (χ0v) is 7.13. The minimum atomic E-state index is -0.0687. The molecule has 0 aliphatic rings. The normalized spacial score (nSPS) is 9.50. The van der Waals surface area contributed by atoms with Crippen LogP contribution in [0.5, 0.6) is 0 Å². The average Bonchev–Trinajstić information content (AvgIpc) is 2.04. The first kappa shape index (κ1) is 8.65. The molecule has 2 heteroatoms. The quantitative estimate of drug-likeness (QED) is 0.492. The van der Waals surface area contributed by atoms with Gasteiger partial charge in [-0.25, -0.2) is 0 Å². The average molecular weight is 162 g/mol. The molecule has 0 aromatic heterocycles. The fraction of sp³-hybridized carbons (Fsp3) is 0.200. The van der Waals surface area contributed by atoms with Gasteiger partial charge in [-0.2, -0.15) is 0 Å². The maximum atomic E-state index is 11.0. The third kappa shape index (κ3) is 1.59. The van der Waals surface area contributed by atoms with Crippen LogP contribution in [0.25, 0.3) is 0 Å². The molecule has 0 saturated heterocycles. The lowest BCUT2D eigenvalue weighted by Gasteiger charge is -2.00. The second kappa shape index (κ2) is 3.30. The lowest BCUT2D eigenvalue weighted by molar-refractivity contribution is 0.100. The minimum absolute atomic E-state index is 0.0687. The molecular weight excluding hydrogens is 152 g/mol. The molecule has 0 radical (unpaired) electrons. The highest BCUT2D eigenvalue weighted by molar-refractivity contribution is 6.01. The molecule has 0 aliphatic heterocycles. The smallest absolute Gasteiger partial charge is 0.160 e. The van der Waals surface area contributed by atoms with Gasteiger partial charge in [-0.15, -0.1) is 0 Å². The summed E-state index contributed by atoms with van der Waals surface area (Å²) in [5.74, 6) is -0.0687. The third-order valence-corrected chi connectivity index (χ3v) is 1.72. The van der Waals surface area contributed by atoms with Gasteiger partial charge in [0.25, 0.3) is 0 Å². The third-order valence-electron chi connectivity index (χ3n) is 1.72. The summed E-state index contributed by atoms with van der Waals surface area (Å²) >= 11 is 0. The first-order chi connectivity index (χ1) is 5.65. The minimum Gasteiger partial charge on any atom is -0.298 e. The molecule has 62 valence electrons. The van der Waals surface area contributed by atoms with Gasteiger partial charge in [-0.05, 0) is 19.9 Å². The predicted octanol–water partition coefficient (Wildman–Crippen LogP) is 2.01. The van der Waals surface area contributed by atoms with Gasteiger partial charge in [0.2, 0.25) is 0 Å². The monoisotopic (exact) mass is 162 g/mol. The van der Waals surface area contributed by atoms with Crippen molar-refractivity contribution in [2.24, 2.45) is 0 Å². The van der Waals surface area contributed by atoms with Crippen LogP contribution in [0.15, 0.2) is 18.2 Å². The van der Waals surface area contributed by atoms with Crippen molar-refractivity contribution >= 4 is 12.1 Å². The second-order valence-corrected chi connectivity index (χ2v) is 2.76. The van der Waals surface area contributed by atoms with Crippen LogP contribution in [0, 0.1) is 6.92 Å². The van der Waals surface area contributed by atoms with Gasteiger partial charge in [-0.3, -0.25) is 9.59 Å². The van der Waals surface area contributed by atoms with Crippen molar-refractivity contribution in [1.29, 1.82) is 0 Å². The van der Waals surface area contributed by atoms with Crippen molar-refractivity contribution in [3.8, 4) is 0 Å². The number of carbonyl (C=O) groups excluding carboxylic acids is 2. The van der Waals surface area contributed by atoms with E-state index in [0.717, 1.165) is 5.56 Å². The maximum absolute atomic E-state index is 11.0. The number of ketones is 1. The van der Waals surface area contributed by atoms with E-state index >= 15 is 0 Å². The van der Waals surface area contributed by atoms with Gasteiger partial charge in [0.1, 0.15) is 0 Å². The van der Waals surface area contributed by atoms with Crippen LogP contribution in [0.3, 0.4) is 0 Å². The molecule has 0 atom stereocenters. The second-order valence-electron chi connectivity index (χ2n) is 2.76. The summed E-state index contributed by atoms with van der Waals surface area (Å²) in [5.41, 5.74) is 1.96. The molecule has 1 rings (SSSR count). The van der Waals surface area contributed by atoms with Crippen molar-refractivity contribution < 1.29 is 9.59 Å². The van der Waals surface area contributed by atoms with E-state index in [1.54, 1.807) is 12.1 Å². The van der Waals surface area contributed by atoms with E-state index in [9.17, 15) is 9.59 Å². The summed E-state index contributed by atoms with van der Waals surface area (Å²) in [6, 6.07) is 5.21. The number of aryl methyl sites for hydroxylation is 1. The molecule has 0 amide bonds. The van der Waals surface area contributed by atoms with Crippen molar-refractivity contribution in [2.75, 3.05) is 0 Å². The standard InChI is InChI=1S/C10H10O2/c1-7-3-4-9(6-11)10(5-7)8(2)12/h3-6H,1-2H3. The molecule has 0 unspecified atom stereocenters. The summed E-state index contributed by atoms with van der Waals surface area (Å²) in [7, 11) is 0. The number of aldehydes is 1. The van der Waals surface area contributed by atoms with Gasteiger partial charge < -0.3 is 0 Å². The highest BCUT2D eigenvalue weighted by atomic mass is 16.1. The molecule has 0 fully saturated rings. The van der Waals surface area contributed by atoms with Crippen LogP contribution in [0.1, 0.15) is 33.2 Å². The summed E-state index contributed by atoms with van der Waals surface area (Å²) in [5, 5.41) is 0. The lowest BCUT2D eigenvalue weighted by Crippen LogP contribution is -1.98. The molecule has 0 aliphatic carbocycles. The van der Waals surface area contributed by atoms with Crippen molar-refractivity contribution in [1.82, 2.24) is 0 Å². The predicted molar refractivity (Wildman–Crippen MR) is 46.6 cm³/mol. The fourth-order valence-electron chi connectivity index (χ4n) is 1.08. The fourth-order valence-corrected chi connectivity index (χ4v) is 1.08. The maximum Gasteiger partial charge on any atom is 0.160 e. The van der Waals surface area contributed by atoms with E-state index in [-0.39, 0.29) is 5.78 Å². The molecule has 1 aromatic rings. The van der Waals surface area contributed by atoms with Crippen LogP contribution < -0.4 is 0 Å². The van der Waals surface area contributed by atoms with E-state index < -0.39 is 0 Å². The number of Topliss-reactive ketones (excluding diaryl/α,β-unsaturated/α-hetero) is 1. The van der Waals surface area contributed by atoms with Gasteiger partial charge in [-0.1, -0.05) is 17.7 Å². The Bertz CT molecular complexity index is 327. The first-order valence-corrected chi connectivity index (χ1v) is 3.72. The van der Waals surface area contributed by atoms with Crippen molar-refractivity contribution in [3.05, 3.63) is 34.9 Å². The molecule has 12 heavy (non-hydrogen) atoms. The summed E-state index contributed by atoms with van der Waals surface area (Å²) in [6.45, 7) is 3.35. The SMILES string of the molecule is CC(=O)c1cc(C)ccc1C=O. The number of hydrogen-bond acceptors (Lipinski definition) is 2. The number of rotatable bonds is 2. The van der Waals surface area contributed by atoms with Gasteiger partial charge in [0.05, 0.1) is 0 Å². The molecular formula is C10H10O2. The van der Waals surface area contributed by atoms with Crippen LogP contribution in [-0.4, -0.2) is 12.1 Å². The highest BCUT2D eigenvalue weighted by Gasteiger charge is 2.05. The topological polar surface area (TPSA) is 34.1 Å². The van der Waals surface area contributed by atoms with Gasteiger partial charge in [0, 0.05) is 11.1 Å². The zero-order chi connectivity index (χ0) is 9.14. The molecule has 0 bridgehead atoms. The van der Waals surface area contributed by atoms with Crippen molar-refractivity contribution in [2.45, 2.75) is 13.8 Å². The first-order valence-electron chi connectivity index (χ1n) is 3.72. The number of hydrogen-bond donors (Lipinski definition) is 0. The summed E-state index contributed by atoms with van der Waals surface area (Å²) < 4.78 is 0. The largest absolute Gasteiger partial charge is 0.298 e. The Kier molecular flexibility index (Phi) is 2.38. The van der Waals surface area contributed by atoms with Crippen LogP contribution in [0.4, 0.5) is 0 Å². The van der Waals surface area contributed by atoms with Crippen LogP contribution in [-0.2, 0) is 0 Å². The highest BCUT2D eigenvalue weighted by Crippen LogP contribution is 2.10. The van der Waals surface area contributed by atoms with E-state index in [1.165, 1.54) is 6.92 Å². The molecule has 0 saturated carbocycles. The Hall–Kier alpha value is -1.44. The molecule has 0 spiro atoms. The van der Waals surface area contributed by atoms with Crippen LogP contribution in [0.2, 0.25) is 0 Å². The molecule has 0 heterocycles. The molecule has 2 nitrogen and oxygen atoms in total. The number of carbonyl (C=O) groups is 2. The lowest BCUT2D eigenvalue weighted by atomic mass is 10.0. The molecule has 1 aromatic carbocycles. The van der Waals surface area contributed by atoms with Gasteiger partial charge in [0.15, 0.2) is 12.1 Å². The summed E-state index contributed by atoms with van der Waals surface area (Å²) in [4.78, 5) is 21.5. The summed E-state index contributed by atoms with van der Waals surface area (Å²) in [6.07, 6.45) is 0.705. The Balaban J connectivity index is 3.30. The van der Waals surface area contributed by atoms with Gasteiger partial charge >= 0.3 is 0 Å². The molecule has 0 N–H and O–H groups in total. The van der Waals surface area contributed by atoms with E-state index in [4.69, 9.17) is 0 Å². The van der Waals surface area contributed by atoms with E-state index in [0.29, 0.717) is 17.4 Å². The Morgan fingerprint density at radius 2 is 2.08 bits per heavy atom. The Morgan fingerprint density at radius 1 is 1.42 bits per heavy atom. The Labute approximate surface area is 71.2 Å². The van der Waals surface area contributed by atoms with E-state index in [2.05, 4.69) is 0 Å². The van der Waals surface area contributed by atoms with Crippen LogP contribution >= 0.6 is 0 Å². The van der Waals surface area contributed by atoms with Crippen molar-refractivity contribution in [3.63, 3.8) is 0 Å². The Morgan fingerprint density at radius 3 is 2.58 bits per heavy atom. The zero-order valence-electron chi connectivity index (χ0n) is 7.13. The van der Waals surface area contributed by atoms with E-state index in [1.807, 2.05) is 13.0 Å².